The quantitative estimate of drug-likeness (QED) is 0.649. The third-order valence-corrected chi connectivity index (χ3v) is 3.82. The molecule has 20 heavy (non-hydrogen) atoms. The van der Waals surface area contributed by atoms with Crippen LogP contribution >= 0.6 is 0 Å². The zero-order valence-electron chi connectivity index (χ0n) is 11.8. The molecule has 0 radical (unpaired) electrons. The molecule has 0 amide bonds. The van der Waals surface area contributed by atoms with E-state index in [9.17, 15) is 9.90 Å². The van der Waals surface area contributed by atoms with Crippen molar-refractivity contribution in [2.45, 2.75) is 31.7 Å². The predicted octanol–water partition coefficient (Wildman–Crippen LogP) is 1.80. The molecule has 0 aromatic heterocycles. The summed E-state index contributed by atoms with van der Waals surface area (Å²) in [6.07, 6.45) is 3.99. The van der Waals surface area contributed by atoms with Gasteiger partial charge in [-0.15, -0.1) is 0 Å². The molecular weight excluding hydrogens is 256 g/mol. The number of carbonyl (C=O) groups excluding carboxylic acids is 1. The lowest BCUT2D eigenvalue weighted by atomic mass is 9.97. The highest BCUT2D eigenvalue weighted by molar-refractivity contribution is 5.97. The molecule has 1 saturated heterocycles. The van der Waals surface area contributed by atoms with Gasteiger partial charge in [0.1, 0.15) is 0 Å². The maximum absolute atomic E-state index is 11.9. The molecule has 5 nitrogen and oxygen atoms in total. The number of nitrogen functional groups attached to an aromatic ring is 1. The second-order valence-corrected chi connectivity index (χ2v) is 5.12. The minimum absolute atomic E-state index is 0.156. The van der Waals surface area contributed by atoms with Crippen LogP contribution in [0.3, 0.4) is 0 Å². The molecule has 1 aliphatic heterocycles. The Morgan fingerprint density at radius 1 is 1.50 bits per heavy atom. The molecule has 0 bridgehead atoms. The standard InChI is InChI=1S/C15H22N2O3/c1-20-15(19)13-10-11(16)5-6-14(13)17-8-3-2-4-12(17)7-9-18/h5-6,10,12,18H,2-4,7-9,16H2,1H3. The Bertz CT molecular complexity index is 474. The molecule has 1 fully saturated rings. The number of hydrogen-bond acceptors (Lipinski definition) is 5. The van der Waals surface area contributed by atoms with Gasteiger partial charge in [-0.25, -0.2) is 4.79 Å². The molecule has 1 atom stereocenters. The lowest BCUT2D eigenvalue weighted by Gasteiger charge is -2.38. The number of piperidine rings is 1. The van der Waals surface area contributed by atoms with Gasteiger partial charge >= 0.3 is 5.97 Å². The van der Waals surface area contributed by atoms with E-state index >= 15 is 0 Å². The van der Waals surface area contributed by atoms with Crippen molar-refractivity contribution >= 4 is 17.3 Å². The number of nitrogens with two attached hydrogens (primary N) is 1. The molecule has 1 unspecified atom stereocenters. The van der Waals surface area contributed by atoms with E-state index < -0.39 is 0 Å². The van der Waals surface area contributed by atoms with Crippen molar-refractivity contribution in [3.8, 4) is 0 Å². The second kappa shape index (κ2) is 6.61. The molecular formula is C15H22N2O3. The first-order chi connectivity index (χ1) is 9.67. The summed E-state index contributed by atoms with van der Waals surface area (Å²) in [6, 6.07) is 5.59. The van der Waals surface area contributed by atoms with E-state index in [1.807, 2.05) is 6.07 Å². The minimum Gasteiger partial charge on any atom is -0.465 e. The smallest absolute Gasteiger partial charge is 0.340 e. The third-order valence-electron chi connectivity index (χ3n) is 3.82. The van der Waals surface area contributed by atoms with Crippen LogP contribution in [0, 0.1) is 0 Å². The van der Waals surface area contributed by atoms with Crippen LogP contribution in [-0.4, -0.2) is 37.4 Å². The number of methoxy groups -OCH3 is 1. The van der Waals surface area contributed by atoms with E-state index in [2.05, 4.69) is 4.90 Å². The van der Waals surface area contributed by atoms with E-state index in [0.717, 1.165) is 31.5 Å². The predicted molar refractivity (Wildman–Crippen MR) is 78.9 cm³/mol. The summed E-state index contributed by atoms with van der Waals surface area (Å²) in [5.41, 5.74) is 7.67. The molecule has 1 aromatic carbocycles. The summed E-state index contributed by atoms with van der Waals surface area (Å²) in [5, 5.41) is 9.21. The second-order valence-electron chi connectivity index (χ2n) is 5.12. The highest BCUT2D eigenvalue weighted by Crippen LogP contribution is 2.31. The van der Waals surface area contributed by atoms with Crippen molar-refractivity contribution in [1.82, 2.24) is 0 Å². The van der Waals surface area contributed by atoms with Gasteiger partial charge in [-0.2, -0.15) is 0 Å². The monoisotopic (exact) mass is 278 g/mol. The molecule has 0 aliphatic carbocycles. The van der Waals surface area contributed by atoms with Gasteiger partial charge < -0.3 is 20.5 Å². The van der Waals surface area contributed by atoms with E-state index in [4.69, 9.17) is 10.5 Å². The van der Waals surface area contributed by atoms with Crippen LogP contribution in [0.5, 0.6) is 0 Å². The number of aliphatic hydroxyl groups excluding tert-OH is 1. The van der Waals surface area contributed by atoms with Gasteiger partial charge in [-0.1, -0.05) is 0 Å². The molecule has 1 heterocycles. The van der Waals surface area contributed by atoms with Crippen molar-refractivity contribution in [2.75, 3.05) is 30.9 Å². The highest BCUT2D eigenvalue weighted by Gasteiger charge is 2.26. The van der Waals surface area contributed by atoms with E-state index in [1.54, 1.807) is 12.1 Å². The van der Waals surface area contributed by atoms with Crippen LogP contribution in [0.1, 0.15) is 36.0 Å². The number of nitrogens with zero attached hydrogens (tertiary/aromatic N) is 1. The number of aliphatic hydroxyl groups is 1. The lowest BCUT2D eigenvalue weighted by Crippen LogP contribution is -2.41. The Balaban J connectivity index is 2.36. The lowest BCUT2D eigenvalue weighted by molar-refractivity contribution is 0.0601. The van der Waals surface area contributed by atoms with Crippen molar-refractivity contribution in [1.29, 1.82) is 0 Å². The van der Waals surface area contributed by atoms with Gasteiger partial charge in [0.05, 0.1) is 18.4 Å². The van der Waals surface area contributed by atoms with Gasteiger partial charge in [0.25, 0.3) is 0 Å². The Morgan fingerprint density at radius 3 is 3.00 bits per heavy atom. The Morgan fingerprint density at radius 2 is 2.30 bits per heavy atom. The molecule has 110 valence electrons. The van der Waals surface area contributed by atoms with E-state index in [0.29, 0.717) is 17.7 Å². The molecule has 5 heteroatoms. The van der Waals surface area contributed by atoms with Crippen LogP contribution in [0.4, 0.5) is 11.4 Å². The number of anilines is 2. The summed E-state index contributed by atoms with van der Waals surface area (Å²) >= 11 is 0. The normalized spacial score (nSPS) is 18.9. The van der Waals surface area contributed by atoms with Gasteiger partial charge in [-0.3, -0.25) is 0 Å². The van der Waals surface area contributed by atoms with Gasteiger partial charge in [0.15, 0.2) is 0 Å². The molecule has 0 spiro atoms. The third kappa shape index (κ3) is 3.04. The minimum atomic E-state index is -0.374. The SMILES string of the molecule is COC(=O)c1cc(N)ccc1N1CCCCC1CCO. The average Bonchev–Trinajstić information content (AvgIpc) is 2.47. The first-order valence-electron chi connectivity index (χ1n) is 7.02. The Labute approximate surface area is 119 Å². The van der Waals surface area contributed by atoms with Crippen LogP contribution in [0.2, 0.25) is 0 Å². The van der Waals surface area contributed by atoms with E-state index in [-0.39, 0.29) is 18.6 Å². The van der Waals surface area contributed by atoms with E-state index in [1.165, 1.54) is 7.11 Å². The summed E-state index contributed by atoms with van der Waals surface area (Å²) in [4.78, 5) is 14.1. The summed E-state index contributed by atoms with van der Waals surface area (Å²) in [7, 11) is 1.37. The number of esters is 1. The maximum atomic E-state index is 11.9. The fourth-order valence-electron chi connectivity index (χ4n) is 2.84. The number of benzene rings is 1. The molecule has 0 saturated carbocycles. The average molecular weight is 278 g/mol. The molecule has 1 aromatic rings. The zero-order valence-corrected chi connectivity index (χ0v) is 11.8. The van der Waals surface area contributed by atoms with Crippen molar-refractivity contribution in [3.05, 3.63) is 23.8 Å². The van der Waals surface area contributed by atoms with Crippen LogP contribution in [0.15, 0.2) is 18.2 Å². The van der Waals surface area contributed by atoms with Gasteiger partial charge in [0.2, 0.25) is 0 Å². The summed E-state index contributed by atoms with van der Waals surface area (Å²) in [5.74, 6) is -0.374. The maximum Gasteiger partial charge on any atom is 0.340 e. The van der Waals surface area contributed by atoms with Gasteiger partial charge in [0, 0.05) is 24.9 Å². The number of rotatable bonds is 4. The topological polar surface area (TPSA) is 75.8 Å². The molecule has 2 rings (SSSR count). The van der Waals surface area contributed by atoms with Crippen molar-refractivity contribution in [3.63, 3.8) is 0 Å². The van der Waals surface area contributed by atoms with Gasteiger partial charge in [-0.05, 0) is 43.9 Å². The first kappa shape index (κ1) is 14.7. The number of ether oxygens (including phenoxy) is 1. The Hall–Kier alpha value is -1.75. The van der Waals surface area contributed by atoms with Crippen molar-refractivity contribution < 1.29 is 14.6 Å². The fraction of sp³-hybridized carbons (Fsp3) is 0.533. The summed E-state index contributed by atoms with van der Waals surface area (Å²) < 4.78 is 4.85. The van der Waals surface area contributed by atoms with Crippen molar-refractivity contribution in [2.24, 2.45) is 0 Å². The number of carbonyl (C=O) groups is 1. The Kier molecular flexibility index (Phi) is 4.84. The van der Waals surface area contributed by atoms with Crippen LogP contribution in [0.25, 0.3) is 0 Å². The zero-order chi connectivity index (χ0) is 14.5. The number of hydrogen-bond donors (Lipinski definition) is 2. The first-order valence-corrected chi connectivity index (χ1v) is 7.02. The summed E-state index contributed by atoms with van der Waals surface area (Å²) in [6.45, 7) is 1.04. The fourth-order valence-corrected chi connectivity index (χ4v) is 2.84. The van der Waals surface area contributed by atoms with Crippen LogP contribution < -0.4 is 10.6 Å². The molecule has 3 N–H and O–H groups in total. The molecule has 1 aliphatic rings. The largest absolute Gasteiger partial charge is 0.465 e. The highest BCUT2D eigenvalue weighted by atomic mass is 16.5. The van der Waals surface area contributed by atoms with Crippen LogP contribution in [-0.2, 0) is 4.74 Å².